The Hall–Kier alpha value is -1.79. The highest BCUT2D eigenvalue weighted by molar-refractivity contribution is 7.99. The molecule has 0 bridgehead atoms. The molecule has 1 aliphatic heterocycles. The highest BCUT2D eigenvalue weighted by Crippen LogP contribution is 2.24. The molecule has 0 saturated carbocycles. The van der Waals surface area contributed by atoms with Crippen LogP contribution in [0.15, 0.2) is 29.4 Å². The fourth-order valence-corrected chi connectivity index (χ4v) is 4.76. The molecular weight excluding hydrogens is 394 g/mol. The van der Waals surface area contributed by atoms with E-state index in [9.17, 15) is 4.79 Å². The number of benzene rings is 1. The number of hydrogen-bond donors (Lipinski definition) is 1. The summed E-state index contributed by atoms with van der Waals surface area (Å²) in [6, 6.07) is 8.56. The van der Waals surface area contributed by atoms with Crippen LogP contribution >= 0.6 is 11.8 Å². The number of hydrogen-bond acceptors (Lipinski definition) is 4. The minimum Gasteiger partial charge on any atom is -0.376 e. The first-order chi connectivity index (χ1) is 14.3. The third-order valence-electron chi connectivity index (χ3n) is 5.67. The molecule has 1 aromatic carbocycles. The summed E-state index contributed by atoms with van der Waals surface area (Å²) in [5.74, 6) is 1.03. The number of nitrogens with zero attached hydrogens (tertiary/aromatic N) is 2. The van der Waals surface area contributed by atoms with Gasteiger partial charge in [-0.25, -0.2) is 4.98 Å². The van der Waals surface area contributed by atoms with E-state index >= 15 is 0 Å². The fraction of sp³-hybridized carbons (Fsp3) is 0.583. The van der Waals surface area contributed by atoms with Crippen molar-refractivity contribution in [1.82, 2.24) is 14.9 Å². The van der Waals surface area contributed by atoms with Gasteiger partial charge in [-0.05, 0) is 57.1 Å². The van der Waals surface area contributed by atoms with Crippen molar-refractivity contribution in [2.24, 2.45) is 5.92 Å². The van der Waals surface area contributed by atoms with Gasteiger partial charge in [0.2, 0.25) is 5.91 Å². The van der Waals surface area contributed by atoms with Crippen LogP contribution in [0.2, 0.25) is 0 Å². The predicted molar refractivity (Wildman–Crippen MR) is 123 cm³/mol. The zero-order valence-corrected chi connectivity index (χ0v) is 19.7. The number of carbonyl (C=O) groups excluding carboxylic acids is 1. The van der Waals surface area contributed by atoms with Gasteiger partial charge in [0, 0.05) is 12.3 Å². The molecule has 2 unspecified atom stereocenters. The van der Waals surface area contributed by atoms with E-state index in [0.29, 0.717) is 11.7 Å². The molecule has 6 heteroatoms. The van der Waals surface area contributed by atoms with Crippen LogP contribution in [0, 0.1) is 19.8 Å². The van der Waals surface area contributed by atoms with Crippen LogP contribution in [0.1, 0.15) is 62.2 Å². The predicted octanol–water partition coefficient (Wildman–Crippen LogP) is 4.85. The van der Waals surface area contributed by atoms with E-state index in [-0.39, 0.29) is 18.1 Å². The maximum atomic E-state index is 12.6. The van der Waals surface area contributed by atoms with E-state index in [2.05, 4.69) is 59.9 Å². The SMILES string of the molecule is Cc1nc(SCC(=O)NC(C)c2ccc(CC(C)C)cc2)n(CC2CCCO2)c1C. The van der Waals surface area contributed by atoms with Crippen molar-refractivity contribution < 1.29 is 9.53 Å². The standard InChI is InChI=1S/C24H35N3O2S/c1-16(2)13-20-8-10-21(11-9-20)18(4)25-23(28)15-30-24-26-17(3)19(5)27(24)14-22-7-6-12-29-22/h8-11,16,18,22H,6-7,12-15H2,1-5H3,(H,25,28). The van der Waals surface area contributed by atoms with E-state index in [1.54, 1.807) is 0 Å². The van der Waals surface area contributed by atoms with E-state index < -0.39 is 0 Å². The lowest BCUT2D eigenvalue weighted by Crippen LogP contribution is -2.28. The lowest BCUT2D eigenvalue weighted by atomic mass is 10.00. The molecule has 2 atom stereocenters. The zero-order chi connectivity index (χ0) is 21.7. The van der Waals surface area contributed by atoms with Crippen molar-refractivity contribution in [1.29, 1.82) is 0 Å². The van der Waals surface area contributed by atoms with Crippen LogP contribution in [0.3, 0.4) is 0 Å². The Balaban J connectivity index is 1.54. The number of ether oxygens (including phenoxy) is 1. The van der Waals surface area contributed by atoms with Crippen molar-refractivity contribution >= 4 is 17.7 Å². The first-order valence-electron chi connectivity index (χ1n) is 11.0. The number of rotatable bonds is 9. The molecule has 1 amide bonds. The number of nitrogens with one attached hydrogen (secondary N) is 1. The highest BCUT2D eigenvalue weighted by Gasteiger charge is 2.21. The number of carbonyl (C=O) groups is 1. The van der Waals surface area contributed by atoms with Crippen LogP contribution < -0.4 is 5.32 Å². The molecule has 0 radical (unpaired) electrons. The molecule has 1 aliphatic rings. The van der Waals surface area contributed by atoms with Gasteiger partial charge >= 0.3 is 0 Å². The second-order valence-electron chi connectivity index (χ2n) is 8.73. The number of thioether (sulfide) groups is 1. The number of aryl methyl sites for hydroxylation is 1. The normalized spacial score (nSPS) is 17.5. The maximum Gasteiger partial charge on any atom is 0.230 e. The van der Waals surface area contributed by atoms with Crippen molar-refractivity contribution in [2.75, 3.05) is 12.4 Å². The number of amides is 1. The molecule has 30 heavy (non-hydrogen) atoms. The topological polar surface area (TPSA) is 56.2 Å². The van der Waals surface area contributed by atoms with E-state index in [1.165, 1.54) is 17.3 Å². The van der Waals surface area contributed by atoms with Crippen LogP contribution in [0.5, 0.6) is 0 Å². The largest absolute Gasteiger partial charge is 0.376 e. The van der Waals surface area contributed by atoms with Gasteiger partial charge in [0.25, 0.3) is 0 Å². The smallest absolute Gasteiger partial charge is 0.230 e. The molecule has 1 fully saturated rings. The Kier molecular flexibility index (Phi) is 8.00. The summed E-state index contributed by atoms with van der Waals surface area (Å²) >= 11 is 1.50. The molecule has 0 aliphatic carbocycles. The van der Waals surface area contributed by atoms with Gasteiger partial charge in [0.05, 0.1) is 30.1 Å². The molecule has 1 saturated heterocycles. The summed E-state index contributed by atoms with van der Waals surface area (Å²) < 4.78 is 8.00. The average Bonchev–Trinajstić information content (AvgIpc) is 3.30. The van der Waals surface area contributed by atoms with Gasteiger partial charge in [-0.3, -0.25) is 4.79 Å². The molecule has 0 spiro atoms. The van der Waals surface area contributed by atoms with Crippen molar-refractivity contribution in [3.05, 3.63) is 46.8 Å². The second-order valence-corrected chi connectivity index (χ2v) is 9.67. The van der Waals surface area contributed by atoms with Crippen LogP contribution in [-0.2, 0) is 22.5 Å². The van der Waals surface area contributed by atoms with Gasteiger partial charge in [-0.15, -0.1) is 0 Å². The molecule has 2 heterocycles. The summed E-state index contributed by atoms with van der Waals surface area (Å²) in [6.45, 7) is 12.3. The summed E-state index contributed by atoms with van der Waals surface area (Å²) in [5, 5.41) is 4.02. The van der Waals surface area contributed by atoms with Crippen LogP contribution in [0.4, 0.5) is 0 Å². The summed E-state index contributed by atoms with van der Waals surface area (Å²) in [6.07, 6.45) is 3.55. The third kappa shape index (κ3) is 6.11. The van der Waals surface area contributed by atoms with E-state index in [0.717, 1.165) is 54.5 Å². The minimum absolute atomic E-state index is 0.0127. The van der Waals surface area contributed by atoms with E-state index in [4.69, 9.17) is 4.74 Å². The Morgan fingerprint density at radius 3 is 2.63 bits per heavy atom. The number of imidazole rings is 1. The third-order valence-corrected chi connectivity index (χ3v) is 6.64. The lowest BCUT2D eigenvalue weighted by Gasteiger charge is -2.16. The molecule has 1 aromatic heterocycles. The van der Waals surface area contributed by atoms with E-state index in [1.807, 2.05) is 13.8 Å². The van der Waals surface area contributed by atoms with Crippen molar-refractivity contribution in [3.8, 4) is 0 Å². The van der Waals surface area contributed by atoms with Gasteiger partial charge in [-0.1, -0.05) is 49.9 Å². The van der Waals surface area contributed by atoms with Gasteiger partial charge < -0.3 is 14.6 Å². The molecular formula is C24H35N3O2S. The van der Waals surface area contributed by atoms with Crippen molar-refractivity contribution in [3.63, 3.8) is 0 Å². The van der Waals surface area contributed by atoms with Crippen LogP contribution in [0.25, 0.3) is 0 Å². The molecule has 2 aromatic rings. The first kappa shape index (κ1) is 22.9. The first-order valence-corrected chi connectivity index (χ1v) is 12.0. The Bertz CT molecular complexity index is 839. The fourth-order valence-electron chi connectivity index (χ4n) is 3.85. The molecule has 164 valence electrons. The zero-order valence-electron chi connectivity index (χ0n) is 18.9. The summed E-state index contributed by atoms with van der Waals surface area (Å²) in [4.78, 5) is 17.3. The molecule has 5 nitrogen and oxygen atoms in total. The van der Waals surface area contributed by atoms with Gasteiger partial charge in [-0.2, -0.15) is 0 Å². The summed E-state index contributed by atoms with van der Waals surface area (Å²) in [5.41, 5.74) is 4.65. The maximum absolute atomic E-state index is 12.6. The Morgan fingerprint density at radius 2 is 2.00 bits per heavy atom. The Morgan fingerprint density at radius 1 is 1.27 bits per heavy atom. The monoisotopic (exact) mass is 429 g/mol. The lowest BCUT2D eigenvalue weighted by molar-refractivity contribution is -0.119. The van der Waals surface area contributed by atoms with Crippen LogP contribution in [-0.4, -0.2) is 33.9 Å². The second kappa shape index (κ2) is 10.5. The van der Waals surface area contributed by atoms with Gasteiger partial charge in [0.15, 0.2) is 5.16 Å². The van der Waals surface area contributed by atoms with Gasteiger partial charge in [0.1, 0.15) is 0 Å². The Labute approximate surface area is 185 Å². The average molecular weight is 430 g/mol. The number of aromatic nitrogens is 2. The highest BCUT2D eigenvalue weighted by atomic mass is 32.2. The van der Waals surface area contributed by atoms with Crippen molar-refractivity contribution in [2.45, 2.75) is 77.7 Å². The quantitative estimate of drug-likeness (QED) is 0.579. The summed E-state index contributed by atoms with van der Waals surface area (Å²) in [7, 11) is 0. The minimum atomic E-state index is -0.0127. The molecule has 3 rings (SSSR count). The molecule has 1 N–H and O–H groups in total.